The minimum atomic E-state index is -0.894. The molecule has 102 valence electrons. The average molecular weight is 259 g/mol. The molecule has 0 heterocycles. The van der Waals surface area contributed by atoms with Crippen LogP contribution in [0.3, 0.4) is 0 Å². The second kappa shape index (κ2) is 7.41. The Labute approximate surface area is 114 Å². The number of anilines is 1. The van der Waals surface area contributed by atoms with Gasteiger partial charge >= 0.3 is 5.97 Å². The van der Waals surface area contributed by atoms with E-state index < -0.39 is 5.97 Å². The minimum absolute atomic E-state index is 0.315. The molecule has 0 aliphatic rings. The first-order chi connectivity index (χ1) is 9.08. The molecule has 1 N–H and O–H groups in total. The molecule has 0 saturated heterocycles. The van der Waals surface area contributed by atoms with Crippen molar-refractivity contribution < 1.29 is 9.90 Å². The largest absolute Gasteiger partial charge is 0.478 e. The first-order valence-corrected chi connectivity index (χ1v) is 6.44. The van der Waals surface area contributed by atoms with Crippen LogP contribution in [0.1, 0.15) is 30.6 Å². The van der Waals surface area contributed by atoms with Crippen molar-refractivity contribution in [1.29, 1.82) is 0 Å². The Hall–Kier alpha value is -2.03. The fourth-order valence-corrected chi connectivity index (χ4v) is 1.89. The minimum Gasteiger partial charge on any atom is -0.478 e. The third-order valence-electron chi connectivity index (χ3n) is 2.82. The van der Waals surface area contributed by atoms with E-state index in [0.717, 1.165) is 18.7 Å². The zero-order valence-electron chi connectivity index (χ0n) is 11.8. The molecule has 3 nitrogen and oxygen atoms in total. The number of likely N-dealkylation sites (N-methyl/N-ethyl adjacent to an activating group) is 1. The number of benzene rings is 1. The predicted molar refractivity (Wildman–Crippen MR) is 79.9 cm³/mol. The van der Waals surface area contributed by atoms with Gasteiger partial charge in [0.15, 0.2) is 0 Å². The lowest BCUT2D eigenvalue weighted by Gasteiger charge is -2.20. The summed E-state index contributed by atoms with van der Waals surface area (Å²) in [6.45, 7) is 4.93. The maximum Gasteiger partial charge on any atom is 0.335 e. The molecule has 0 aromatic heterocycles. The van der Waals surface area contributed by atoms with E-state index in [1.165, 1.54) is 5.57 Å². The predicted octanol–water partition coefficient (Wildman–Crippen LogP) is 3.73. The number of carboxylic acids is 1. The summed E-state index contributed by atoms with van der Waals surface area (Å²) in [7, 11) is 2.00. The SMILES string of the molecule is C/C=C\C(=C/CC)CN(C)c1ccc(C(=O)O)cc1. The number of nitrogens with zero attached hydrogens (tertiary/aromatic N) is 1. The molecule has 0 fully saturated rings. The molecular weight excluding hydrogens is 238 g/mol. The lowest BCUT2D eigenvalue weighted by molar-refractivity contribution is 0.0697. The standard InChI is InChI=1S/C16H21NO2/c1-4-6-13(7-5-2)12-17(3)15-10-8-14(9-11-15)16(18)19/h4,6-11H,5,12H2,1-3H3,(H,18,19)/b6-4-,13-7+. The van der Waals surface area contributed by atoms with Gasteiger partial charge in [-0.1, -0.05) is 25.2 Å². The van der Waals surface area contributed by atoms with Crippen LogP contribution in [0.25, 0.3) is 0 Å². The molecule has 1 aromatic carbocycles. The Morgan fingerprint density at radius 2 is 1.95 bits per heavy atom. The van der Waals surface area contributed by atoms with Crippen LogP contribution in [-0.2, 0) is 0 Å². The maximum atomic E-state index is 10.8. The van der Waals surface area contributed by atoms with Gasteiger partial charge in [0.25, 0.3) is 0 Å². The number of aromatic carboxylic acids is 1. The van der Waals surface area contributed by atoms with Crippen molar-refractivity contribution in [3.05, 3.63) is 53.6 Å². The second-order valence-corrected chi connectivity index (χ2v) is 4.40. The lowest BCUT2D eigenvalue weighted by Crippen LogP contribution is -2.19. The molecule has 1 rings (SSSR count). The number of carboxylic acid groups (broad SMARTS) is 1. The van der Waals surface area contributed by atoms with E-state index in [1.807, 2.05) is 32.2 Å². The van der Waals surface area contributed by atoms with E-state index in [2.05, 4.69) is 24.0 Å². The quantitative estimate of drug-likeness (QED) is 0.791. The summed E-state index contributed by atoms with van der Waals surface area (Å²) in [6.07, 6.45) is 7.34. The summed E-state index contributed by atoms with van der Waals surface area (Å²) in [4.78, 5) is 12.9. The third-order valence-corrected chi connectivity index (χ3v) is 2.82. The van der Waals surface area contributed by atoms with E-state index in [9.17, 15) is 4.79 Å². The van der Waals surface area contributed by atoms with Crippen LogP contribution in [0.15, 0.2) is 48.1 Å². The summed E-state index contributed by atoms with van der Waals surface area (Å²) in [5.74, 6) is -0.894. The molecule has 0 unspecified atom stereocenters. The smallest absolute Gasteiger partial charge is 0.335 e. The first-order valence-electron chi connectivity index (χ1n) is 6.44. The van der Waals surface area contributed by atoms with Crippen LogP contribution in [0.4, 0.5) is 5.69 Å². The van der Waals surface area contributed by atoms with Crippen LogP contribution in [-0.4, -0.2) is 24.7 Å². The van der Waals surface area contributed by atoms with Gasteiger partial charge in [-0.3, -0.25) is 0 Å². The topological polar surface area (TPSA) is 40.5 Å². The average Bonchev–Trinajstić information content (AvgIpc) is 2.39. The van der Waals surface area contributed by atoms with Crippen molar-refractivity contribution >= 4 is 11.7 Å². The Morgan fingerprint density at radius 3 is 2.42 bits per heavy atom. The van der Waals surface area contributed by atoms with Gasteiger partial charge in [0, 0.05) is 19.3 Å². The van der Waals surface area contributed by atoms with Gasteiger partial charge in [-0.05, 0) is 43.2 Å². The van der Waals surface area contributed by atoms with Gasteiger partial charge in [-0.25, -0.2) is 4.79 Å². The summed E-state index contributed by atoms with van der Waals surface area (Å²) < 4.78 is 0. The molecule has 1 aromatic rings. The van der Waals surface area contributed by atoms with Gasteiger partial charge in [0.2, 0.25) is 0 Å². The molecule has 0 aliphatic heterocycles. The van der Waals surface area contributed by atoms with Crippen molar-refractivity contribution in [2.45, 2.75) is 20.3 Å². The number of hydrogen-bond donors (Lipinski definition) is 1. The van der Waals surface area contributed by atoms with Gasteiger partial charge in [0.05, 0.1) is 5.56 Å². The molecule has 0 atom stereocenters. The van der Waals surface area contributed by atoms with Crippen molar-refractivity contribution in [3.63, 3.8) is 0 Å². The lowest BCUT2D eigenvalue weighted by atomic mass is 10.1. The van der Waals surface area contributed by atoms with E-state index in [1.54, 1.807) is 12.1 Å². The molecule has 0 amide bonds. The second-order valence-electron chi connectivity index (χ2n) is 4.40. The van der Waals surface area contributed by atoms with Crippen LogP contribution in [0, 0.1) is 0 Å². The van der Waals surface area contributed by atoms with Crippen molar-refractivity contribution in [2.24, 2.45) is 0 Å². The monoisotopic (exact) mass is 259 g/mol. The highest BCUT2D eigenvalue weighted by molar-refractivity contribution is 5.88. The fraction of sp³-hybridized carbons (Fsp3) is 0.312. The molecular formula is C16H21NO2. The van der Waals surface area contributed by atoms with Gasteiger partial charge < -0.3 is 10.0 Å². The van der Waals surface area contributed by atoms with E-state index in [0.29, 0.717) is 5.56 Å². The number of carbonyl (C=O) groups is 1. The van der Waals surface area contributed by atoms with E-state index in [4.69, 9.17) is 5.11 Å². The molecule has 0 saturated carbocycles. The molecule has 0 radical (unpaired) electrons. The Kier molecular flexibility index (Phi) is 5.86. The number of rotatable bonds is 6. The Bertz CT molecular complexity index is 472. The zero-order valence-corrected chi connectivity index (χ0v) is 11.8. The van der Waals surface area contributed by atoms with Crippen LogP contribution >= 0.6 is 0 Å². The number of allylic oxidation sites excluding steroid dienone is 2. The summed E-state index contributed by atoms with van der Waals surface area (Å²) in [5.41, 5.74) is 2.58. The van der Waals surface area contributed by atoms with Crippen molar-refractivity contribution in [3.8, 4) is 0 Å². The highest BCUT2D eigenvalue weighted by Gasteiger charge is 2.05. The van der Waals surface area contributed by atoms with Crippen molar-refractivity contribution in [1.82, 2.24) is 0 Å². The highest BCUT2D eigenvalue weighted by atomic mass is 16.4. The fourth-order valence-electron chi connectivity index (χ4n) is 1.89. The van der Waals surface area contributed by atoms with Gasteiger partial charge in [-0.15, -0.1) is 0 Å². The molecule has 0 bridgehead atoms. The zero-order chi connectivity index (χ0) is 14.3. The molecule has 0 aliphatic carbocycles. The van der Waals surface area contributed by atoms with Crippen molar-refractivity contribution in [2.75, 3.05) is 18.5 Å². The summed E-state index contributed by atoms with van der Waals surface area (Å²) in [6, 6.07) is 6.94. The molecule has 0 spiro atoms. The summed E-state index contributed by atoms with van der Waals surface area (Å²) in [5, 5.41) is 8.87. The van der Waals surface area contributed by atoms with Crippen LogP contribution in [0.5, 0.6) is 0 Å². The van der Waals surface area contributed by atoms with Gasteiger partial charge in [-0.2, -0.15) is 0 Å². The van der Waals surface area contributed by atoms with Crippen LogP contribution in [0.2, 0.25) is 0 Å². The highest BCUT2D eigenvalue weighted by Crippen LogP contribution is 2.15. The molecule has 19 heavy (non-hydrogen) atoms. The molecule has 3 heteroatoms. The van der Waals surface area contributed by atoms with E-state index in [-0.39, 0.29) is 0 Å². The maximum absolute atomic E-state index is 10.8. The Morgan fingerprint density at radius 1 is 1.32 bits per heavy atom. The third kappa shape index (κ3) is 4.62. The van der Waals surface area contributed by atoms with Gasteiger partial charge in [0.1, 0.15) is 0 Å². The Balaban J connectivity index is 2.79. The normalized spacial score (nSPS) is 11.8. The summed E-state index contributed by atoms with van der Waals surface area (Å²) >= 11 is 0. The first kappa shape index (κ1) is 15.0. The number of hydrogen-bond acceptors (Lipinski definition) is 2. The van der Waals surface area contributed by atoms with Crippen LogP contribution < -0.4 is 4.90 Å². The van der Waals surface area contributed by atoms with E-state index >= 15 is 0 Å².